The molecule has 0 unspecified atom stereocenters. The molecule has 0 aromatic rings. The number of hydrogen-bond donors (Lipinski definition) is 0. The Morgan fingerprint density at radius 2 is 2.12 bits per heavy atom. The molecular weight excluding hydrogens is 166 g/mol. The molecule has 0 fully saturated rings. The molecule has 0 spiro atoms. The van der Waals surface area contributed by atoms with Crippen molar-refractivity contribution in [2.24, 2.45) is 5.92 Å². The Bertz CT molecular complexity index is 93.2. The number of nitriles is 1. The van der Waals surface area contributed by atoms with Gasteiger partial charge in [0.2, 0.25) is 0 Å². The molecule has 0 saturated carbocycles. The van der Waals surface area contributed by atoms with Crippen LogP contribution in [-0.2, 0) is 0 Å². The van der Waals surface area contributed by atoms with Gasteiger partial charge in [0, 0.05) is 10.7 Å². The molecule has 46 valence electrons. The second-order valence-electron chi connectivity index (χ2n) is 2.05. The Kier molecular flexibility index (Phi) is 3.90. The smallest absolute Gasteiger partial charge is 0.0653 e. The van der Waals surface area contributed by atoms with Crippen LogP contribution in [0.15, 0.2) is 0 Å². The molecule has 0 aliphatic heterocycles. The summed E-state index contributed by atoms with van der Waals surface area (Å²) in [6.45, 7) is 3.98. The minimum absolute atomic E-state index is 0.185. The van der Waals surface area contributed by atoms with Crippen molar-refractivity contribution in [3.63, 3.8) is 0 Å². The Morgan fingerprint density at radius 1 is 1.62 bits per heavy atom. The highest BCUT2D eigenvalue weighted by Crippen LogP contribution is 2.10. The number of halogens is 1. The van der Waals surface area contributed by atoms with Crippen LogP contribution in [0.1, 0.15) is 20.3 Å². The van der Waals surface area contributed by atoms with Crippen molar-refractivity contribution in [3.8, 4) is 6.07 Å². The van der Waals surface area contributed by atoms with Crippen molar-refractivity contribution in [2.45, 2.75) is 25.1 Å². The van der Waals surface area contributed by atoms with Crippen LogP contribution >= 0.6 is 15.9 Å². The lowest BCUT2D eigenvalue weighted by molar-refractivity contribution is 0.663. The van der Waals surface area contributed by atoms with Gasteiger partial charge in [-0.1, -0.05) is 22.9 Å². The lowest BCUT2D eigenvalue weighted by atomic mass is 10.1. The van der Waals surface area contributed by atoms with Crippen LogP contribution in [0.2, 0.25) is 0 Å². The second-order valence-corrected chi connectivity index (χ2v) is 3.61. The van der Waals surface area contributed by atoms with E-state index in [2.05, 4.69) is 22.0 Å². The fraction of sp³-hybridized carbons (Fsp3) is 0.833. The summed E-state index contributed by atoms with van der Waals surface area (Å²) in [7, 11) is 0. The predicted molar refractivity (Wildman–Crippen MR) is 37.8 cm³/mol. The first-order chi connectivity index (χ1) is 3.66. The Labute approximate surface area is 58.8 Å². The van der Waals surface area contributed by atoms with Crippen LogP contribution in [0.3, 0.4) is 0 Å². The van der Waals surface area contributed by atoms with E-state index in [9.17, 15) is 0 Å². The zero-order chi connectivity index (χ0) is 6.57. The minimum atomic E-state index is 0.185. The van der Waals surface area contributed by atoms with E-state index in [1.807, 2.05) is 13.8 Å². The summed E-state index contributed by atoms with van der Waals surface area (Å²) in [4.78, 5) is 0.470. The van der Waals surface area contributed by atoms with Crippen LogP contribution in [0.4, 0.5) is 0 Å². The van der Waals surface area contributed by atoms with Crippen LogP contribution in [0.25, 0.3) is 0 Å². The number of rotatable bonds is 2. The molecule has 8 heavy (non-hydrogen) atoms. The van der Waals surface area contributed by atoms with Gasteiger partial charge in [0.25, 0.3) is 0 Å². The van der Waals surface area contributed by atoms with Gasteiger partial charge in [0.05, 0.1) is 6.07 Å². The van der Waals surface area contributed by atoms with Gasteiger partial charge >= 0.3 is 0 Å². The summed E-state index contributed by atoms with van der Waals surface area (Å²) in [5.41, 5.74) is 0. The number of hydrogen-bond acceptors (Lipinski definition) is 1. The van der Waals surface area contributed by atoms with Crippen LogP contribution in [0, 0.1) is 17.2 Å². The second kappa shape index (κ2) is 3.91. The molecule has 0 saturated heterocycles. The average molecular weight is 176 g/mol. The van der Waals surface area contributed by atoms with E-state index in [1.54, 1.807) is 0 Å². The van der Waals surface area contributed by atoms with E-state index in [4.69, 9.17) is 5.26 Å². The lowest BCUT2D eigenvalue weighted by Crippen LogP contribution is -1.97. The topological polar surface area (TPSA) is 23.8 Å². The van der Waals surface area contributed by atoms with Crippen molar-refractivity contribution in [1.82, 2.24) is 0 Å². The first kappa shape index (κ1) is 7.97. The third-order valence-corrected chi connectivity index (χ3v) is 1.27. The number of alkyl halides is 1. The summed E-state index contributed by atoms with van der Waals surface area (Å²) >= 11 is 3.36. The molecule has 0 heterocycles. The van der Waals surface area contributed by atoms with Crippen LogP contribution in [-0.4, -0.2) is 4.83 Å². The van der Waals surface area contributed by atoms with Gasteiger partial charge in [0.15, 0.2) is 0 Å². The third-order valence-electron chi connectivity index (χ3n) is 0.899. The van der Waals surface area contributed by atoms with E-state index < -0.39 is 0 Å². The maximum absolute atomic E-state index is 8.31. The largest absolute Gasteiger partial charge is 0.198 e. The van der Waals surface area contributed by atoms with Gasteiger partial charge in [-0.05, 0) is 13.3 Å². The first-order valence-corrected chi connectivity index (χ1v) is 3.62. The van der Waals surface area contributed by atoms with Crippen molar-refractivity contribution >= 4 is 15.9 Å². The standard InChI is InChI=1S/C6H10BrN/c1-5(4-8)3-6(2)7/h5-6H,3H2,1-2H3/t5-,6+/m1/s1. The molecule has 0 aliphatic rings. The maximum atomic E-state index is 8.31. The molecule has 0 amide bonds. The normalized spacial score (nSPS) is 16.8. The predicted octanol–water partition coefficient (Wildman–Crippen LogP) is 2.32. The third kappa shape index (κ3) is 4.14. The maximum Gasteiger partial charge on any atom is 0.0653 e. The fourth-order valence-corrected chi connectivity index (χ4v) is 1.10. The minimum Gasteiger partial charge on any atom is -0.198 e. The van der Waals surface area contributed by atoms with E-state index in [0.29, 0.717) is 4.83 Å². The lowest BCUT2D eigenvalue weighted by Gasteiger charge is -2.01. The molecule has 2 heteroatoms. The molecule has 0 aromatic carbocycles. The summed E-state index contributed by atoms with van der Waals surface area (Å²) < 4.78 is 0. The summed E-state index contributed by atoms with van der Waals surface area (Å²) in [6.07, 6.45) is 0.941. The molecule has 0 radical (unpaired) electrons. The summed E-state index contributed by atoms with van der Waals surface area (Å²) in [5.74, 6) is 0.185. The Morgan fingerprint density at radius 3 is 2.25 bits per heavy atom. The SMILES string of the molecule is C[C@H](Br)C[C@@H](C)C#N. The monoisotopic (exact) mass is 175 g/mol. The zero-order valence-corrected chi connectivity index (χ0v) is 6.77. The van der Waals surface area contributed by atoms with Gasteiger partial charge in [-0.3, -0.25) is 0 Å². The average Bonchev–Trinajstić information content (AvgIpc) is 1.65. The van der Waals surface area contributed by atoms with Crippen molar-refractivity contribution < 1.29 is 0 Å². The van der Waals surface area contributed by atoms with Gasteiger partial charge in [-0.2, -0.15) is 5.26 Å². The molecule has 0 rings (SSSR count). The van der Waals surface area contributed by atoms with E-state index in [0.717, 1.165) is 6.42 Å². The molecule has 0 N–H and O–H groups in total. The summed E-state index contributed by atoms with van der Waals surface area (Å²) in [6, 6.07) is 2.17. The first-order valence-electron chi connectivity index (χ1n) is 2.70. The Hall–Kier alpha value is -0.0300. The molecular formula is C6H10BrN. The highest BCUT2D eigenvalue weighted by molar-refractivity contribution is 9.09. The van der Waals surface area contributed by atoms with Gasteiger partial charge in [0.1, 0.15) is 0 Å². The van der Waals surface area contributed by atoms with Gasteiger partial charge in [-0.25, -0.2) is 0 Å². The molecule has 0 bridgehead atoms. The highest BCUT2D eigenvalue weighted by atomic mass is 79.9. The molecule has 1 nitrogen and oxygen atoms in total. The van der Waals surface area contributed by atoms with Crippen LogP contribution in [0.5, 0.6) is 0 Å². The Balaban J connectivity index is 3.28. The van der Waals surface area contributed by atoms with E-state index >= 15 is 0 Å². The molecule has 0 aromatic heterocycles. The quantitative estimate of drug-likeness (QED) is 0.592. The number of nitrogens with zero attached hydrogens (tertiary/aromatic N) is 1. The van der Waals surface area contributed by atoms with Gasteiger partial charge in [-0.15, -0.1) is 0 Å². The van der Waals surface area contributed by atoms with Crippen LogP contribution < -0.4 is 0 Å². The van der Waals surface area contributed by atoms with Crippen molar-refractivity contribution in [2.75, 3.05) is 0 Å². The van der Waals surface area contributed by atoms with Gasteiger partial charge < -0.3 is 0 Å². The highest BCUT2D eigenvalue weighted by Gasteiger charge is 2.02. The molecule has 0 aliphatic carbocycles. The van der Waals surface area contributed by atoms with Crippen molar-refractivity contribution in [1.29, 1.82) is 5.26 Å². The fourth-order valence-electron chi connectivity index (χ4n) is 0.540. The van der Waals surface area contributed by atoms with E-state index in [-0.39, 0.29) is 5.92 Å². The van der Waals surface area contributed by atoms with Crippen molar-refractivity contribution in [3.05, 3.63) is 0 Å². The van der Waals surface area contributed by atoms with E-state index in [1.165, 1.54) is 0 Å². The summed E-state index contributed by atoms with van der Waals surface area (Å²) in [5, 5.41) is 8.31. The zero-order valence-electron chi connectivity index (χ0n) is 5.19. The molecule has 2 atom stereocenters.